The number of methoxy groups -OCH3 is 1. The lowest BCUT2D eigenvalue weighted by molar-refractivity contribution is -0.195. The zero-order valence-electron chi connectivity index (χ0n) is 23.1. The molecule has 1 aliphatic heterocycles. The highest BCUT2D eigenvalue weighted by molar-refractivity contribution is 6.35. The largest absolute Gasteiger partial charge is 0.481 e. The number of halogens is 4. The fourth-order valence-electron chi connectivity index (χ4n) is 4.67. The molecule has 41 heavy (non-hydrogen) atoms. The van der Waals surface area contributed by atoms with Gasteiger partial charge < -0.3 is 20.8 Å². The number of pyridine rings is 2. The molecule has 0 unspecified atom stereocenters. The minimum Gasteiger partial charge on any atom is -0.481 e. The molecular formula is C29H31ClF3N7O. The maximum atomic E-state index is 13.8. The molecule has 1 aliphatic carbocycles. The van der Waals surface area contributed by atoms with Crippen LogP contribution in [0.3, 0.4) is 0 Å². The fraction of sp³-hybridized carbons (Fsp3) is 0.379. The second-order valence-electron chi connectivity index (χ2n) is 11.4. The van der Waals surface area contributed by atoms with Crippen molar-refractivity contribution in [3.05, 3.63) is 64.7 Å². The lowest BCUT2D eigenvalue weighted by atomic mass is 9.96. The molecule has 0 spiro atoms. The van der Waals surface area contributed by atoms with Gasteiger partial charge in [0.15, 0.2) is 5.54 Å². The quantitative estimate of drug-likeness (QED) is 0.234. The van der Waals surface area contributed by atoms with E-state index in [4.69, 9.17) is 22.8 Å². The van der Waals surface area contributed by atoms with Crippen molar-refractivity contribution in [1.82, 2.24) is 25.9 Å². The van der Waals surface area contributed by atoms with Crippen LogP contribution in [0, 0.1) is 17.8 Å². The number of rotatable bonds is 8. The molecule has 1 atom stereocenters. The lowest BCUT2D eigenvalue weighted by Crippen LogP contribution is -2.52. The first kappa shape index (κ1) is 28.6. The molecule has 0 amide bonds. The van der Waals surface area contributed by atoms with Crippen LogP contribution in [-0.2, 0) is 0 Å². The van der Waals surface area contributed by atoms with Gasteiger partial charge in [0, 0.05) is 42.3 Å². The van der Waals surface area contributed by atoms with Crippen molar-refractivity contribution < 1.29 is 17.9 Å². The van der Waals surface area contributed by atoms with E-state index in [1.54, 1.807) is 30.6 Å². The summed E-state index contributed by atoms with van der Waals surface area (Å²) >= 11 is 6.70. The average Bonchev–Trinajstić information content (AvgIpc) is 3.61. The molecule has 2 aliphatic rings. The van der Waals surface area contributed by atoms with Crippen molar-refractivity contribution in [3.63, 3.8) is 0 Å². The van der Waals surface area contributed by atoms with Crippen LogP contribution >= 0.6 is 11.6 Å². The lowest BCUT2D eigenvalue weighted by Gasteiger charge is -2.28. The third-order valence-corrected chi connectivity index (χ3v) is 7.39. The number of anilines is 2. The van der Waals surface area contributed by atoms with Crippen molar-refractivity contribution in [2.24, 2.45) is 5.41 Å². The number of terminal acetylenes is 1. The number of nitrogens with one attached hydrogen (secondary N) is 4. The highest BCUT2D eigenvalue weighted by Gasteiger charge is 2.67. The Morgan fingerprint density at radius 1 is 1.20 bits per heavy atom. The topological polar surface area (TPSA) is 86.4 Å². The Labute approximate surface area is 241 Å². The number of hydrazine groups is 2. The van der Waals surface area contributed by atoms with Crippen LogP contribution in [0.4, 0.5) is 24.5 Å². The fourth-order valence-corrected chi connectivity index (χ4v) is 4.94. The van der Waals surface area contributed by atoms with Gasteiger partial charge >= 0.3 is 6.18 Å². The van der Waals surface area contributed by atoms with Gasteiger partial charge in [0.25, 0.3) is 0 Å². The second-order valence-corrected chi connectivity index (χ2v) is 11.8. The minimum atomic E-state index is -4.39. The van der Waals surface area contributed by atoms with E-state index < -0.39 is 17.8 Å². The molecule has 8 nitrogen and oxygen atoms in total. The summed E-state index contributed by atoms with van der Waals surface area (Å²) in [7, 11) is 1.51. The predicted molar refractivity (Wildman–Crippen MR) is 154 cm³/mol. The summed E-state index contributed by atoms with van der Waals surface area (Å²) in [5, 5.41) is 9.09. The van der Waals surface area contributed by atoms with Crippen LogP contribution < -0.4 is 26.3 Å². The predicted octanol–water partition coefficient (Wildman–Crippen LogP) is 6.15. The van der Waals surface area contributed by atoms with E-state index in [-0.39, 0.29) is 18.3 Å². The van der Waals surface area contributed by atoms with E-state index in [1.165, 1.54) is 13.3 Å². The van der Waals surface area contributed by atoms with Crippen molar-refractivity contribution in [3.8, 4) is 18.2 Å². The summed E-state index contributed by atoms with van der Waals surface area (Å²) in [6.45, 7) is 6.97. The first-order chi connectivity index (χ1) is 19.3. The number of benzene rings is 1. The molecule has 12 heteroatoms. The van der Waals surface area contributed by atoms with Crippen LogP contribution in [0.1, 0.15) is 50.8 Å². The molecule has 5 rings (SSSR count). The summed E-state index contributed by atoms with van der Waals surface area (Å²) in [5.74, 6) is 3.10. The Bertz CT molecular complexity index is 1520. The molecule has 0 radical (unpaired) electrons. The smallest absolute Gasteiger partial charge is 0.413 e. The van der Waals surface area contributed by atoms with Crippen molar-refractivity contribution >= 4 is 33.9 Å². The van der Waals surface area contributed by atoms with Gasteiger partial charge in [-0.1, -0.05) is 38.3 Å². The maximum absolute atomic E-state index is 13.8. The average molecular weight is 586 g/mol. The summed E-state index contributed by atoms with van der Waals surface area (Å²) in [5.41, 5.74) is 7.29. The standard InChI is InChI=1S/C29H31ClF3N7O/c1-6-17-13-35-26-20(24(17)36-16-27(2,3)4)11-19(12-21(26)30)37-25(18-7-8-23(41-5)34-14-18)22-15-40(39-38-22)28(9-10-28)29(31,32)33/h1,7-8,11-15,25,37-39H,9-10,16H2,2-5H3,(H,35,36)/t25-/m0/s1. The zero-order chi connectivity index (χ0) is 29.6. The van der Waals surface area contributed by atoms with Crippen molar-refractivity contribution in [1.29, 1.82) is 0 Å². The maximum Gasteiger partial charge on any atom is 0.413 e. The van der Waals surface area contributed by atoms with Crippen LogP contribution in [0.15, 0.2) is 48.6 Å². The third kappa shape index (κ3) is 5.67. The van der Waals surface area contributed by atoms with E-state index in [2.05, 4.69) is 58.3 Å². The van der Waals surface area contributed by atoms with Crippen LogP contribution in [0.2, 0.25) is 5.02 Å². The van der Waals surface area contributed by atoms with Gasteiger partial charge in [-0.2, -0.15) is 13.2 Å². The van der Waals surface area contributed by atoms with Crippen LogP contribution in [0.5, 0.6) is 5.88 Å². The van der Waals surface area contributed by atoms with Crippen LogP contribution in [-0.4, -0.2) is 40.3 Å². The molecule has 1 saturated carbocycles. The van der Waals surface area contributed by atoms with Gasteiger partial charge in [0.1, 0.15) is 0 Å². The Hall–Kier alpha value is -3.88. The number of aromatic nitrogens is 2. The number of hydrogen-bond acceptors (Lipinski definition) is 8. The van der Waals surface area contributed by atoms with Gasteiger partial charge in [-0.3, -0.25) is 9.99 Å². The molecule has 0 saturated heterocycles. The molecule has 1 aromatic carbocycles. The van der Waals surface area contributed by atoms with Crippen molar-refractivity contribution in [2.45, 2.75) is 51.4 Å². The first-order valence-electron chi connectivity index (χ1n) is 13.0. The summed E-state index contributed by atoms with van der Waals surface area (Å²) in [6, 6.07) is 6.46. The van der Waals surface area contributed by atoms with Crippen LogP contribution in [0.25, 0.3) is 10.9 Å². The molecule has 4 N–H and O–H groups in total. The normalized spacial score (nSPS) is 17.0. The van der Waals surface area contributed by atoms with E-state index in [9.17, 15) is 13.2 Å². The van der Waals surface area contributed by atoms with Gasteiger partial charge in [0.05, 0.1) is 40.6 Å². The van der Waals surface area contributed by atoms with Gasteiger partial charge in [-0.05, 0) is 42.0 Å². The summed E-state index contributed by atoms with van der Waals surface area (Å²) in [6.07, 6.45) is 6.09. The summed E-state index contributed by atoms with van der Waals surface area (Å²) in [4.78, 5) is 8.79. The van der Waals surface area contributed by atoms with E-state index >= 15 is 0 Å². The molecule has 216 valence electrons. The van der Waals surface area contributed by atoms with Gasteiger partial charge in [-0.25, -0.2) is 4.98 Å². The van der Waals surface area contributed by atoms with Gasteiger partial charge in [0.2, 0.25) is 5.88 Å². The number of hydrogen-bond donors (Lipinski definition) is 4. The molecule has 3 aromatic rings. The minimum absolute atomic E-state index is 0.00623. The molecule has 2 aromatic heterocycles. The molecule has 0 bridgehead atoms. The first-order valence-corrected chi connectivity index (χ1v) is 13.4. The molecular weight excluding hydrogens is 555 g/mol. The Kier molecular flexibility index (Phi) is 7.34. The van der Waals surface area contributed by atoms with E-state index in [0.29, 0.717) is 50.9 Å². The van der Waals surface area contributed by atoms with Gasteiger partial charge in [-0.15, -0.1) is 12.0 Å². The Morgan fingerprint density at radius 2 is 1.95 bits per heavy atom. The Morgan fingerprint density at radius 3 is 2.54 bits per heavy atom. The molecule has 1 fully saturated rings. The van der Waals surface area contributed by atoms with E-state index in [0.717, 1.165) is 10.7 Å². The second kappa shape index (κ2) is 10.5. The number of fused-ring (bicyclic) bond motifs is 1. The third-order valence-electron chi connectivity index (χ3n) is 7.10. The van der Waals surface area contributed by atoms with E-state index in [1.807, 2.05) is 6.07 Å². The highest BCUT2D eigenvalue weighted by Crippen LogP contribution is 2.53. The summed E-state index contributed by atoms with van der Waals surface area (Å²) < 4.78 is 46.7. The number of alkyl halides is 3. The highest BCUT2D eigenvalue weighted by atomic mass is 35.5. The number of ether oxygens (including phenoxy) is 1. The zero-order valence-corrected chi connectivity index (χ0v) is 23.8. The Balaban J connectivity index is 1.56. The van der Waals surface area contributed by atoms with Crippen molar-refractivity contribution in [2.75, 3.05) is 24.3 Å². The monoisotopic (exact) mass is 585 g/mol. The number of nitrogens with zero attached hydrogens (tertiary/aromatic N) is 3. The molecule has 3 heterocycles. The SMILES string of the molecule is C#Cc1cnc2c(Cl)cc(N[C@H](C3=CN(C4(C(F)(F)F)CC4)NN3)c3ccc(OC)nc3)cc2c1NCC(C)(C)C.